The van der Waals surface area contributed by atoms with Gasteiger partial charge in [-0.25, -0.2) is 0 Å². The van der Waals surface area contributed by atoms with Gasteiger partial charge in [-0.05, 0) is 43.6 Å². The van der Waals surface area contributed by atoms with E-state index in [2.05, 4.69) is 42.7 Å². The van der Waals surface area contributed by atoms with Crippen LogP contribution in [0.3, 0.4) is 0 Å². The van der Waals surface area contributed by atoms with Gasteiger partial charge in [-0.2, -0.15) is 0 Å². The van der Waals surface area contributed by atoms with Crippen molar-refractivity contribution in [2.75, 3.05) is 43.4 Å². The number of hydrogen-bond acceptors (Lipinski definition) is 3. The standard InChI is InChI=1S/C15H25N3/c1-4-17(5-2)8-9-18-7-6-13-10-12(3)14(16)11-15(13)18/h10-11H,4-9,16H2,1-3H3. The lowest BCUT2D eigenvalue weighted by Crippen LogP contribution is -2.34. The number of benzene rings is 1. The van der Waals surface area contributed by atoms with Crippen LogP contribution < -0.4 is 10.6 Å². The van der Waals surface area contributed by atoms with Gasteiger partial charge in [0.05, 0.1) is 0 Å². The van der Waals surface area contributed by atoms with Crippen LogP contribution in [0.15, 0.2) is 12.1 Å². The van der Waals surface area contributed by atoms with Crippen LogP contribution in [0.25, 0.3) is 0 Å². The van der Waals surface area contributed by atoms with Crippen LogP contribution >= 0.6 is 0 Å². The molecule has 0 saturated carbocycles. The highest BCUT2D eigenvalue weighted by atomic mass is 15.2. The Kier molecular flexibility index (Phi) is 4.12. The summed E-state index contributed by atoms with van der Waals surface area (Å²) in [7, 11) is 0. The van der Waals surface area contributed by atoms with Crippen molar-refractivity contribution in [1.82, 2.24) is 4.90 Å². The molecule has 0 amide bonds. The highest BCUT2D eigenvalue weighted by molar-refractivity contribution is 5.67. The summed E-state index contributed by atoms with van der Waals surface area (Å²) in [6, 6.07) is 4.40. The van der Waals surface area contributed by atoms with Crippen LogP contribution in [0.4, 0.5) is 11.4 Å². The van der Waals surface area contributed by atoms with E-state index >= 15 is 0 Å². The third kappa shape index (κ3) is 2.61. The molecule has 0 bridgehead atoms. The quantitative estimate of drug-likeness (QED) is 0.810. The molecule has 0 atom stereocenters. The molecule has 0 saturated heterocycles. The van der Waals surface area contributed by atoms with Crippen molar-refractivity contribution in [3.8, 4) is 0 Å². The summed E-state index contributed by atoms with van der Waals surface area (Å²) >= 11 is 0. The van der Waals surface area contributed by atoms with E-state index in [-0.39, 0.29) is 0 Å². The van der Waals surface area contributed by atoms with Crippen LogP contribution in [0.5, 0.6) is 0 Å². The van der Waals surface area contributed by atoms with Gasteiger partial charge in [-0.15, -0.1) is 0 Å². The summed E-state index contributed by atoms with van der Waals surface area (Å²) in [6.45, 7) is 12.2. The van der Waals surface area contributed by atoms with Crippen molar-refractivity contribution in [1.29, 1.82) is 0 Å². The van der Waals surface area contributed by atoms with Gasteiger partial charge in [-0.3, -0.25) is 0 Å². The maximum Gasteiger partial charge on any atom is 0.0420 e. The average molecular weight is 247 g/mol. The summed E-state index contributed by atoms with van der Waals surface area (Å²) in [5.74, 6) is 0. The maximum absolute atomic E-state index is 6.03. The summed E-state index contributed by atoms with van der Waals surface area (Å²) < 4.78 is 0. The van der Waals surface area contributed by atoms with Gasteiger partial charge in [0.25, 0.3) is 0 Å². The van der Waals surface area contributed by atoms with Crippen molar-refractivity contribution in [2.45, 2.75) is 27.2 Å². The Hall–Kier alpha value is -1.22. The number of nitrogen functional groups attached to an aromatic ring is 1. The fraction of sp³-hybridized carbons (Fsp3) is 0.600. The molecule has 0 unspecified atom stereocenters. The largest absolute Gasteiger partial charge is 0.398 e. The normalized spacial score (nSPS) is 14.3. The minimum absolute atomic E-state index is 0.920. The molecule has 3 heteroatoms. The van der Waals surface area contributed by atoms with Crippen LogP contribution in [-0.2, 0) is 6.42 Å². The van der Waals surface area contributed by atoms with E-state index in [1.165, 1.54) is 16.8 Å². The Morgan fingerprint density at radius 1 is 1.28 bits per heavy atom. The zero-order chi connectivity index (χ0) is 13.1. The molecule has 0 fully saturated rings. The molecule has 1 aliphatic rings. The van der Waals surface area contributed by atoms with Gasteiger partial charge in [0.1, 0.15) is 0 Å². The van der Waals surface area contributed by atoms with Crippen molar-refractivity contribution in [3.05, 3.63) is 23.3 Å². The molecule has 0 spiro atoms. The second-order valence-corrected chi connectivity index (χ2v) is 5.10. The molecule has 0 radical (unpaired) electrons. The van der Waals surface area contributed by atoms with E-state index in [0.29, 0.717) is 0 Å². The Morgan fingerprint density at radius 3 is 2.67 bits per heavy atom. The SMILES string of the molecule is CCN(CC)CCN1CCc2cc(C)c(N)cc21. The molecular weight excluding hydrogens is 222 g/mol. The molecule has 0 aliphatic carbocycles. The average Bonchev–Trinajstić information content (AvgIpc) is 2.74. The highest BCUT2D eigenvalue weighted by Gasteiger charge is 2.20. The van der Waals surface area contributed by atoms with Crippen LogP contribution in [0.1, 0.15) is 25.0 Å². The third-order valence-electron chi connectivity index (χ3n) is 4.04. The third-order valence-corrected chi connectivity index (χ3v) is 4.04. The lowest BCUT2D eigenvalue weighted by Gasteiger charge is -2.25. The zero-order valence-corrected chi connectivity index (χ0v) is 11.9. The summed E-state index contributed by atoms with van der Waals surface area (Å²) in [5, 5.41) is 0. The van der Waals surface area contributed by atoms with Gasteiger partial charge in [0, 0.05) is 31.0 Å². The first kappa shape index (κ1) is 13.2. The smallest absolute Gasteiger partial charge is 0.0420 e. The minimum Gasteiger partial charge on any atom is -0.398 e. The predicted octanol–water partition coefficient (Wildman–Crippen LogP) is 2.28. The first-order valence-electron chi connectivity index (χ1n) is 7.02. The first-order chi connectivity index (χ1) is 8.65. The first-order valence-corrected chi connectivity index (χ1v) is 7.02. The number of likely N-dealkylation sites (N-methyl/N-ethyl adjacent to an activating group) is 1. The molecule has 1 aromatic rings. The monoisotopic (exact) mass is 247 g/mol. The second kappa shape index (κ2) is 5.61. The van der Waals surface area contributed by atoms with Crippen LogP contribution in [-0.4, -0.2) is 37.6 Å². The van der Waals surface area contributed by atoms with E-state index in [1.807, 2.05) is 0 Å². The molecular formula is C15H25N3. The Bertz CT molecular complexity index is 410. The number of rotatable bonds is 5. The van der Waals surface area contributed by atoms with Crippen molar-refractivity contribution < 1.29 is 0 Å². The number of nitrogens with zero attached hydrogens (tertiary/aromatic N) is 2. The second-order valence-electron chi connectivity index (χ2n) is 5.10. The molecule has 0 aromatic heterocycles. The zero-order valence-electron chi connectivity index (χ0n) is 11.9. The lowest BCUT2D eigenvalue weighted by atomic mass is 10.1. The molecule has 3 nitrogen and oxygen atoms in total. The van der Waals surface area contributed by atoms with Crippen molar-refractivity contribution in [3.63, 3.8) is 0 Å². The molecule has 1 aromatic carbocycles. The number of anilines is 2. The topological polar surface area (TPSA) is 32.5 Å². The summed E-state index contributed by atoms with van der Waals surface area (Å²) in [6.07, 6.45) is 1.16. The van der Waals surface area contributed by atoms with Crippen LogP contribution in [0, 0.1) is 6.92 Å². The van der Waals surface area contributed by atoms with Crippen LogP contribution in [0.2, 0.25) is 0 Å². The number of hydrogen-bond donors (Lipinski definition) is 1. The van der Waals surface area contributed by atoms with Gasteiger partial charge in [0.2, 0.25) is 0 Å². The maximum atomic E-state index is 6.03. The molecule has 2 rings (SSSR count). The minimum atomic E-state index is 0.920. The molecule has 2 N–H and O–H groups in total. The van der Waals surface area contributed by atoms with Gasteiger partial charge in [-0.1, -0.05) is 19.9 Å². The van der Waals surface area contributed by atoms with E-state index in [0.717, 1.165) is 44.8 Å². The van der Waals surface area contributed by atoms with Gasteiger partial charge >= 0.3 is 0 Å². The Balaban J connectivity index is 2.05. The molecule has 100 valence electrons. The number of aryl methyl sites for hydroxylation is 1. The van der Waals surface area contributed by atoms with Gasteiger partial charge < -0.3 is 15.5 Å². The fourth-order valence-corrected chi connectivity index (χ4v) is 2.68. The lowest BCUT2D eigenvalue weighted by molar-refractivity contribution is 0.310. The van der Waals surface area contributed by atoms with E-state index < -0.39 is 0 Å². The summed E-state index contributed by atoms with van der Waals surface area (Å²) in [5.41, 5.74) is 11.0. The fourth-order valence-electron chi connectivity index (χ4n) is 2.68. The molecule has 1 heterocycles. The van der Waals surface area contributed by atoms with E-state index in [9.17, 15) is 0 Å². The van der Waals surface area contributed by atoms with Gasteiger partial charge in [0.15, 0.2) is 0 Å². The molecule has 1 aliphatic heterocycles. The summed E-state index contributed by atoms with van der Waals surface area (Å²) in [4.78, 5) is 4.94. The Labute approximate surface area is 111 Å². The van der Waals surface area contributed by atoms with Crippen molar-refractivity contribution >= 4 is 11.4 Å². The van der Waals surface area contributed by atoms with E-state index in [4.69, 9.17) is 5.73 Å². The molecule has 18 heavy (non-hydrogen) atoms. The Morgan fingerprint density at radius 2 is 2.00 bits per heavy atom. The van der Waals surface area contributed by atoms with E-state index in [1.54, 1.807) is 0 Å². The number of fused-ring (bicyclic) bond motifs is 1. The highest BCUT2D eigenvalue weighted by Crippen LogP contribution is 2.31. The van der Waals surface area contributed by atoms with Crippen molar-refractivity contribution in [2.24, 2.45) is 0 Å². The predicted molar refractivity (Wildman–Crippen MR) is 79.3 cm³/mol. The number of nitrogens with two attached hydrogens (primary N) is 1.